The van der Waals surface area contributed by atoms with Gasteiger partial charge in [-0.1, -0.05) is 0 Å². The van der Waals surface area contributed by atoms with Crippen molar-refractivity contribution in [2.75, 3.05) is 29.9 Å². The first kappa shape index (κ1) is 13.3. The summed E-state index contributed by atoms with van der Waals surface area (Å²) in [4.78, 5) is 14.8. The Hall–Kier alpha value is -0.750. The molecule has 1 rings (SSSR count). The van der Waals surface area contributed by atoms with Crippen LogP contribution < -0.4 is 10.2 Å². The number of anilines is 2. The van der Waals surface area contributed by atoms with E-state index in [0.717, 1.165) is 30.6 Å². The second kappa shape index (κ2) is 6.75. The van der Waals surface area contributed by atoms with Crippen molar-refractivity contribution >= 4 is 33.6 Å². The van der Waals surface area contributed by atoms with Gasteiger partial charge in [-0.15, -0.1) is 0 Å². The van der Waals surface area contributed by atoms with Gasteiger partial charge in [0.1, 0.15) is 0 Å². The molecule has 0 amide bonds. The van der Waals surface area contributed by atoms with Gasteiger partial charge in [-0.2, -0.15) is 15.0 Å². The van der Waals surface area contributed by atoms with Crippen LogP contribution in [0.5, 0.6) is 0 Å². The van der Waals surface area contributed by atoms with Gasteiger partial charge in [0, 0.05) is 30.6 Å². The van der Waals surface area contributed by atoms with Crippen molar-refractivity contribution in [3.05, 3.63) is 0 Å². The number of nitrogens with zero attached hydrogens (tertiary/aromatic N) is 4. The standard InChI is InChI=1S/C9H16ClN5S/c1-4-11-7-12-8(15(5-2)6-3)14-9(13-7)16-10/h4-6H2,1-3H3,(H,11,12,13,14). The molecular weight excluding hydrogens is 246 g/mol. The molecule has 7 heteroatoms. The average molecular weight is 262 g/mol. The van der Waals surface area contributed by atoms with Crippen LogP contribution in [-0.2, 0) is 0 Å². The van der Waals surface area contributed by atoms with E-state index in [1.807, 2.05) is 6.92 Å². The summed E-state index contributed by atoms with van der Waals surface area (Å²) in [5.41, 5.74) is 0. The summed E-state index contributed by atoms with van der Waals surface area (Å²) in [6.07, 6.45) is 0. The Bertz CT molecular complexity index is 332. The van der Waals surface area contributed by atoms with Gasteiger partial charge in [0.15, 0.2) is 0 Å². The number of aromatic nitrogens is 3. The summed E-state index contributed by atoms with van der Waals surface area (Å²) in [5, 5.41) is 3.59. The van der Waals surface area contributed by atoms with E-state index < -0.39 is 0 Å². The summed E-state index contributed by atoms with van der Waals surface area (Å²) in [5.74, 6) is 1.24. The van der Waals surface area contributed by atoms with Crippen LogP contribution >= 0.6 is 21.7 Å². The normalized spacial score (nSPS) is 10.2. The molecule has 5 nitrogen and oxygen atoms in total. The Kier molecular flexibility index (Phi) is 5.62. The van der Waals surface area contributed by atoms with Crippen LogP contribution in [0.2, 0.25) is 0 Å². The summed E-state index contributed by atoms with van der Waals surface area (Å²) in [6.45, 7) is 8.61. The van der Waals surface area contributed by atoms with Crippen molar-refractivity contribution in [3.8, 4) is 0 Å². The van der Waals surface area contributed by atoms with E-state index >= 15 is 0 Å². The summed E-state index contributed by atoms with van der Waals surface area (Å²) >= 11 is 0. The smallest absolute Gasteiger partial charge is 0.231 e. The average Bonchev–Trinajstić information content (AvgIpc) is 2.31. The van der Waals surface area contributed by atoms with Crippen molar-refractivity contribution in [2.24, 2.45) is 0 Å². The Labute approximate surface area is 105 Å². The first-order valence-electron chi connectivity index (χ1n) is 5.28. The third-order valence-corrected chi connectivity index (χ3v) is 2.79. The largest absolute Gasteiger partial charge is 0.354 e. The fourth-order valence-corrected chi connectivity index (χ4v) is 1.71. The van der Waals surface area contributed by atoms with E-state index in [1.165, 1.54) is 0 Å². The number of rotatable bonds is 6. The minimum Gasteiger partial charge on any atom is -0.354 e. The molecule has 0 unspecified atom stereocenters. The van der Waals surface area contributed by atoms with Crippen molar-refractivity contribution < 1.29 is 0 Å². The van der Waals surface area contributed by atoms with Crippen LogP contribution in [0.25, 0.3) is 0 Å². The molecule has 0 atom stereocenters. The van der Waals surface area contributed by atoms with Gasteiger partial charge in [0.05, 0.1) is 0 Å². The molecular formula is C9H16ClN5S. The number of hydrogen-bond donors (Lipinski definition) is 1. The Morgan fingerprint density at radius 1 is 1.19 bits per heavy atom. The van der Waals surface area contributed by atoms with Crippen LogP contribution in [0.1, 0.15) is 20.8 Å². The lowest BCUT2D eigenvalue weighted by molar-refractivity contribution is 0.784. The van der Waals surface area contributed by atoms with Gasteiger partial charge in [0.2, 0.25) is 17.1 Å². The predicted octanol–water partition coefficient (Wildman–Crippen LogP) is 2.40. The van der Waals surface area contributed by atoms with E-state index in [0.29, 0.717) is 17.1 Å². The summed E-state index contributed by atoms with van der Waals surface area (Å²) < 4.78 is 0. The molecule has 0 saturated carbocycles. The molecule has 0 saturated heterocycles. The lowest BCUT2D eigenvalue weighted by Gasteiger charge is -2.18. The zero-order chi connectivity index (χ0) is 12.0. The van der Waals surface area contributed by atoms with Gasteiger partial charge in [-0.25, -0.2) is 0 Å². The first-order chi connectivity index (χ1) is 7.74. The Morgan fingerprint density at radius 2 is 1.88 bits per heavy atom. The highest BCUT2D eigenvalue weighted by atomic mass is 35.7. The second-order valence-electron chi connectivity index (χ2n) is 3.02. The van der Waals surface area contributed by atoms with Crippen LogP contribution in [0.15, 0.2) is 5.16 Å². The molecule has 1 heterocycles. The molecule has 0 fully saturated rings. The topological polar surface area (TPSA) is 53.9 Å². The first-order valence-corrected chi connectivity index (χ1v) is 6.92. The minimum absolute atomic E-state index is 0.523. The van der Waals surface area contributed by atoms with Crippen LogP contribution in [0.3, 0.4) is 0 Å². The van der Waals surface area contributed by atoms with E-state index in [4.69, 9.17) is 10.7 Å². The molecule has 1 aromatic heterocycles. The molecule has 90 valence electrons. The molecule has 0 aliphatic rings. The minimum atomic E-state index is 0.523. The van der Waals surface area contributed by atoms with E-state index in [2.05, 4.69) is 39.0 Å². The maximum atomic E-state index is 5.68. The van der Waals surface area contributed by atoms with Crippen molar-refractivity contribution in [2.45, 2.75) is 25.9 Å². The van der Waals surface area contributed by atoms with E-state index in [9.17, 15) is 0 Å². The molecule has 0 aliphatic heterocycles. The molecule has 0 aromatic carbocycles. The lowest BCUT2D eigenvalue weighted by Crippen LogP contribution is -2.25. The molecule has 1 N–H and O–H groups in total. The lowest BCUT2D eigenvalue weighted by atomic mass is 10.5. The molecule has 16 heavy (non-hydrogen) atoms. The van der Waals surface area contributed by atoms with Crippen LogP contribution in [-0.4, -0.2) is 34.6 Å². The number of nitrogens with one attached hydrogen (secondary N) is 1. The van der Waals surface area contributed by atoms with Gasteiger partial charge >= 0.3 is 0 Å². The van der Waals surface area contributed by atoms with Gasteiger partial charge < -0.3 is 10.2 Å². The van der Waals surface area contributed by atoms with Gasteiger partial charge in [0.25, 0.3) is 0 Å². The number of hydrogen-bond acceptors (Lipinski definition) is 6. The van der Waals surface area contributed by atoms with Gasteiger partial charge in [-0.3, -0.25) is 0 Å². The third-order valence-electron chi connectivity index (χ3n) is 2.05. The fourth-order valence-electron chi connectivity index (χ4n) is 1.27. The van der Waals surface area contributed by atoms with Gasteiger partial charge in [-0.05, 0) is 31.5 Å². The SMILES string of the molecule is CCNc1nc(SCl)nc(N(CC)CC)n1. The summed E-state index contributed by atoms with van der Waals surface area (Å²) in [7, 11) is 6.68. The Balaban J connectivity index is 3.02. The van der Waals surface area contributed by atoms with Crippen LogP contribution in [0.4, 0.5) is 11.9 Å². The molecule has 1 aromatic rings. The predicted molar refractivity (Wildman–Crippen MR) is 69.3 cm³/mol. The quantitative estimate of drug-likeness (QED) is 0.849. The molecule has 0 radical (unpaired) electrons. The second-order valence-corrected chi connectivity index (χ2v) is 4.00. The fraction of sp³-hybridized carbons (Fsp3) is 0.667. The van der Waals surface area contributed by atoms with Crippen molar-refractivity contribution in [3.63, 3.8) is 0 Å². The van der Waals surface area contributed by atoms with E-state index in [1.54, 1.807) is 0 Å². The zero-order valence-corrected chi connectivity index (χ0v) is 11.3. The van der Waals surface area contributed by atoms with Crippen molar-refractivity contribution in [1.82, 2.24) is 15.0 Å². The summed E-state index contributed by atoms with van der Waals surface area (Å²) in [6, 6.07) is 0. The molecule has 0 bridgehead atoms. The Morgan fingerprint density at radius 3 is 2.38 bits per heavy atom. The highest BCUT2D eigenvalue weighted by Gasteiger charge is 2.10. The van der Waals surface area contributed by atoms with E-state index in [-0.39, 0.29) is 0 Å². The zero-order valence-electron chi connectivity index (χ0n) is 9.70. The monoisotopic (exact) mass is 261 g/mol. The third kappa shape index (κ3) is 3.38. The molecule has 0 spiro atoms. The van der Waals surface area contributed by atoms with Crippen LogP contribution in [0, 0.1) is 0 Å². The highest BCUT2D eigenvalue weighted by Crippen LogP contribution is 2.21. The maximum absolute atomic E-state index is 5.68. The maximum Gasteiger partial charge on any atom is 0.231 e. The highest BCUT2D eigenvalue weighted by molar-refractivity contribution is 8.21. The number of halogens is 1. The van der Waals surface area contributed by atoms with Crippen molar-refractivity contribution in [1.29, 1.82) is 0 Å². The molecule has 0 aliphatic carbocycles.